The van der Waals surface area contributed by atoms with Crippen LogP contribution in [0.4, 0.5) is 5.69 Å². The van der Waals surface area contributed by atoms with Gasteiger partial charge >= 0.3 is 5.97 Å². The molecule has 0 fully saturated rings. The van der Waals surface area contributed by atoms with Crippen LogP contribution >= 0.6 is 0 Å². The molecule has 0 saturated heterocycles. The first-order chi connectivity index (χ1) is 18.3. The summed E-state index contributed by atoms with van der Waals surface area (Å²) in [6.45, 7) is 9.47. The smallest absolute Gasteiger partial charge is 0.338 e. The van der Waals surface area contributed by atoms with Gasteiger partial charge in [-0.2, -0.15) is 0 Å². The number of cyclic esters (lactones) is 1. The van der Waals surface area contributed by atoms with Gasteiger partial charge in [-0.05, 0) is 55.9 Å². The topological polar surface area (TPSA) is 92.7 Å². The van der Waals surface area contributed by atoms with Crippen molar-refractivity contribution < 1.29 is 24.2 Å². The van der Waals surface area contributed by atoms with E-state index in [1.165, 1.54) is 12.5 Å². The summed E-state index contributed by atoms with van der Waals surface area (Å²) in [5.41, 5.74) is 2.15. The zero-order valence-corrected chi connectivity index (χ0v) is 23.5. The number of amides is 1. The number of benzene rings is 2. The first-order valence-electron chi connectivity index (χ1n) is 13.9. The van der Waals surface area contributed by atoms with Crippen LogP contribution in [0.25, 0.3) is 0 Å². The molecule has 1 amide bonds. The number of rotatable bonds is 12. The van der Waals surface area contributed by atoms with E-state index in [0.717, 1.165) is 18.4 Å². The average Bonchev–Trinajstić information content (AvgIpc) is 2.90. The standard InChI is InChI=1S/C30H37NO5.C2H6/c1-4-17-30(18-16-22-10-7-6-8-11-22)20-26(33)28(29(35)36-30)25(5-2)23-12-9-13-24(19-23)31-27(34)15-14-21(3)32;1-2/h6-13,19,25,33H,4-5,14-18,20H2,1-3H3,(H,31,34);1-2H3/t25-,30-;/m1./s1. The van der Waals surface area contributed by atoms with Crippen LogP contribution in [-0.4, -0.2) is 28.4 Å². The first-order valence-corrected chi connectivity index (χ1v) is 13.9. The van der Waals surface area contributed by atoms with Gasteiger partial charge in [-0.1, -0.05) is 76.6 Å². The largest absolute Gasteiger partial charge is 0.512 e. The predicted octanol–water partition coefficient (Wildman–Crippen LogP) is 7.44. The Morgan fingerprint density at radius 2 is 1.74 bits per heavy atom. The van der Waals surface area contributed by atoms with Gasteiger partial charge in [0, 0.05) is 30.9 Å². The number of nitrogens with one attached hydrogen (secondary N) is 1. The Balaban J connectivity index is 0.00000247. The Morgan fingerprint density at radius 1 is 1.03 bits per heavy atom. The van der Waals surface area contributed by atoms with Gasteiger partial charge in [0.1, 0.15) is 17.1 Å². The number of Topliss-reactive ketones (excluding diaryl/α,β-unsaturated/α-hetero) is 1. The van der Waals surface area contributed by atoms with E-state index in [1.807, 2.05) is 57.2 Å². The molecular formula is C32H43NO5. The molecule has 0 unspecified atom stereocenters. The summed E-state index contributed by atoms with van der Waals surface area (Å²) in [6.07, 6.45) is 4.13. The zero-order valence-electron chi connectivity index (χ0n) is 23.5. The van der Waals surface area contributed by atoms with E-state index < -0.39 is 11.6 Å². The molecule has 6 nitrogen and oxygen atoms in total. The highest BCUT2D eigenvalue weighted by Gasteiger charge is 2.43. The Bertz CT molecular complexity index is 1110. The van der Waals surface area contributed by atoms with Crippen LogP contribution in [0, 0.1) is 0 Å². The Morgan fingerprint density at radius 3 is 2.34 bits per heavy atom. The van der Waals surface area contributed by atoms with Gasteiger partial charge in [0.05, 0.1) is 5.57 Å². The van der Waals surface area contributed by atoms with Crippen LogP contribution in [0.5, 0.6) is 0 Å². The van der Waals surface area contributed by atoms with E-state index >= 15 is 0 Å². The van der Waals surface area contributed by atoms with Crippen LogP contribution in [0.3, 0.4) is 0 Å². The van der Waals surface area contributed by atoms with Gasteiger partial charge in [0.15, 0.2) is 0 Å². The highest BCUT2D eigenvalue weighted by molar-refractivity contribution is 5.94. The molecule has 0 aromatic heterocycles. The molecule has 0 radical (unpaired) electrons. The van der Waals surface area contributed by atoms with Gasteiger partial charge in [-0.3, -0.25) is 4.79 Å². The molecule has 2 aromatic carbocycles. The van der Waals surface area contributed by atoms with Crippen molar-refractivity contribution >= 4 is 23.3 Å². The lowest BCUT2D eigenvalue weighted by Gasteiger charge is -2.38. The minimum Gasteiger partial charge on any atom is -0.512 e. The first kappa shape index (κ1) is 30.8. The summed E-state index contributed by atoms with van der Waals surface area (Å²) in [4.78, 5) is 36.7. The van der Waals surface area contributed by atoms with Crippen molar-refractivity contribution in [2.24, 2.45) is 0 Å². The summed E-state index contributed by atoms with van der Waals surface area (Å²) >= 11 is 0. The molecule has 1 aliphatic rings. The fraction of sp³-hybridized carbons (Fsp3) is 0.469. The lowest BCUT2D eigenvalue weighted by molar-refractivity contribution is -0.161. The lowest BCUT2D eigenvalue weighted by Crippen LogP contribution is -2.41. The second-order valence-electron chi connectivity index (χ2n) is 9.68. The summed E-state index contributed by atoms with van der Waals surface area (Å²) < 4.78 is 6.11. The molecule has 2 atom stereocenters. The maximum absolute atomic E-state index is 13.4. The minimum absolute atomic E-state index is 0.0360. The number of ketones is 1. The molecule has 206 valence electrons. The molecule has 3 rings (SSSR count). The second kappa shape index (κ2) is 15.1. The monoisotopic (exact) mass is 521 g/mol. The van der Waals surface area contributed by atoms with Gasteiger partial charge in [-0.25, -0.2) is 4.79 Å². The van der Waals surface area contributed by atoms with Crippen molar-refractivity contribution in [2.45, 2.75) is 97.5 Å². The highest BCUT2D eigenvalue weighted by atomic mass is 16.6. The number of aliphatic hydroxyl groups is 1. The van der Waals surface area contributed by atoms with Crippen LogP contribution in [0.15, 0.2) is 65.9 Å². The van der Waals surface area contributed by atoms with E-state index in [2.05, 4.69) is 24.4 Å². The normalized spacial score (nSPS) is 17.7. The van der Waals surface area contributed by atoms with Crippen LogP contribution in [0.1, 0.15) is 96.6 Å². The van der Waals surface area contributed by atoms with Crippen molar-refractivity contribution in [1.82, 2.24) is 0 Å². The number of hydrogen-bond donors (Lipinski definition) is 2. The van der Waals surface area contributed by atoms with Crippen molar-refractivity contribution in [3.05, 3.63) is 77.1 Å². The zero-order chi connectivity index (χ0) is 28.1. The Labute approximate surface area is 227 Å². The quantitative estimate of drug-likeness (QED) is 0.283. The lowest BCUT2D eigenvalue weighted by atomic mass is 9.80. The fourth-order valence-electron chi connectivity index (χ4n) is 4.98. The SMILES string of the molecule is CC.CCC[C@@]1(CCc2ccccc2)CC(O)=C([C@H](CC)c2cccc(NC(=O)CCC(C)=O)c2)C(=O)O1. The molecule has 2 N–H and O–H groups in total. The van der Waals surface area contributed by atoms with E-state index in [9.17, 15) is 19.5 Å². The van der Waals surface area contributed by atoms with Gasteiger partial charge < -0.3 is 20.0 Å². The molecule has 6 heteroatoms. The molecule has 0 saturated carbocycles. The number of carbonyl (C=O) groups excluding carboxylic acids is 3. The third kappa shape index (κ3) is 8.57. The van der Waals surface area contributed by atoms with Crippen molar-refractivity contribution in [3.8, 4) is 0 Å². The van der Waals surface area contributed by atoms with Crippen LogP contribution in [0.2, 0.25) is 0 Å². The molecular weight excluding hydrogens is 478 g/mol. The minimum atomic E-state index is -0.722. The Kier molecular flexibility index (Phi) is 12.3. The maximum Gasteiger partial charge on any atom is 0.338 e. The van der Waals surface area contributed by atoms with E-state index in [4.69, 9.17) is 4.74 Å². The van der Waals surface area contributed by atoms with Crippen molar-refractivity contribution in [2.75, 3.05) is 5.32 Å². The van der Waals surface area contributed by atoms with Gasteiger partial charge in [-0.15, -0.1) is 0 Å². The van der Waals surface area contributed by atoms with Crippen LogP contribution in [-0.2, 0) is 25.5 Å². The molecule has 2 aromatic rings. The number of aliphatic hydroxyl groups excluding tert-OH is 1. The van der Waals surface area contributed by atoms with E-state index in [-0.39, 0.29) is 36.2 Å². The number of esters is 1. The summed E-state index contributed by atoms with van der Waals surface area (Å²) in [7, 11) is 0. The third-order valence-corrected chi connectivity index (χ3v) is 6.78. The number of hydrogen-bond acceptors (Lipinski definition) is 5. The third-order valence-electron chi connectivity index (χ3n) is 6.78. The predicted molar refractivity (Wildman–Crippen MR) is 152 cm³/mol. The van der Waals surface area contributed by atoms with Crippen LogP contribution < -0.4 is 5.32 Å². The number of aryl methyl sites for hydroxylation is 1. The van der Waals surface area contributed by atoms with Gasteiger partial charge in [0.2, 0.25) is 5.91 Å². The van der Waals surface area contributed by atoms with Crippen molar-refractivity contribution in [1.29, 1.82) is 0 Å². The van der Waals surface area contributed by atoms with E-state index in [0.29, 0.717) is 36.9 Å². The molecule has 0 aliphatic carbocycles. The summed E-state index contributed by atoms with van der Waals surface area (Å²) in [5, 5.41) is 14.0. The second-order valence-corrected chi connectivity index (χ2v) is 9.68. The maximum atomic E-state index is 13.4. The molecule has 1 aliphatic heterocycles. The molecule has 0 spiro atoms. The number of ether oxygens (including phenoxy) is 1. The fourth-order valence-corrected chi connectivity index (χ4v) is 4.98. The Hall–Kier alpha value is -3.41. The average molecular weight is 522 g/mol. The van der Waals surface area contributed by atoms with E-state index in [1.54, 1.807) is 6.07 Å². The van der Waals surface area contributed by atoms with Crippen molar-refractivity contribution in [3.63, 3.8) is 0 Å². The number of anilines is 1. The molecule has 0 bridgehead atoms. The summed E-state index contributed by atoms with van der Waals surface area (Å²) in [5.74, 6) is -1.01. The number of carbonyl (C=O) groups is 3. The molecule has 38 heavy (non-hydrogen) atoms. The molecule has 1 heterocycles. The summed E-state index contributed by atoms with van der Waals surface area (Å²) in [6, 6.07) is 17.4. The van der Waals surface area contributed by atoms with Gasteiger partial charge in [0.25, 0.3) is 0 Å². The highest BCUT2D eigenvalue weighted by Crippen LogP contribution is 2.42.